The van der Waals surface area contributed by atoms with Crippen molar-refractivity contribution in [1.82, 2.24) is 0 Å². The molecular formula is C16H14N2O2. The van der Waals surface area contributed by atoms with Crippen LogP contribution in [0.25, 0.3) is 10.8 Å². The van der Waals surface area contributed by atoms with Gasteiger partial charge in [-0.15, -0.1) is 0 Å². The van der Waals surface area contributed by atoms with Crippen molar-refractivity contribution in [2.24, 2.45) is 9.98 Å². The van der Waals surface area contributed by atoms with Crippen LogP contribution in [-0.4, -0.2) is 38.1 Å². The van der Waals surface area contributed by atoms with Crippen LogP contribution in [0.3, 0.4) is 0 Å². The topological polar surface area (TPSA) is 43.2 Å². The van der Waals surface area contributed by atoms with Gasteiger partial charge >= 0.3 is 0 Å². The van der Waals surface area contributed by atoms with Crippen molar-refractivity contribution >= 4 is 22.6 Å². The van der Waals surface area contributed by atoms with Gasteiger partial charge in [0, 0.05) is 11.1 Å². The van der Waals surface area contributed by atoms with Crippen LogP contribution in [-0.2, 0) is 9.47 Å². The summed E-state index contributed by atoms with van der Waals surface area (Å²) in [5.41, 5.74) is 2.08. The molecule has 0 radical (unpaired) electrons. The average Bonchev–Trinajstić information content (AvgIpc) is 3.19. The molecule has 0 saturated carbocycles. The summed E-state index contributed by atoms with van der Waals surface area (Å²) in [4.78, 5) is 8.83. The third-order valence-electron chi connectivity index (χ3n) is 3.55. The lowest BCUT2D eigenvalue weighted by molar-refractivity contribution is 0.348. The highest BCUT2D eigenvalue weighted by molar-refractivity contribution is 6.13. The standard InChI is InChI=1S/C16H14N2O2/c1-3-11-12(13(5-1)15-17-7-9-19-15)4-2-6-14(11)16-18-8-10-20-16/h1-6H,7-10H2. The highest BCUT2D eigenvalue weighted by Crippen LogP contribution is 2.25. The van der Waals surface area contributed by atoms with E-state index in [4.69, 9.17) is 9.47 Å². The van der Waals surface area contributed by atoms with Crippen molar-refractivity contribution in [2.45, 2.75) is 0 Å². The number of hydrogen-bond acceptors (Lipinski definition) is 4. The Morgan fingerprint density at radius 2 is 1.20 bits per heavy atom. The first-order valence-electron chi connectivity index (χ1n) is 6.80. The highest BCUT2D eigenvalue weighted by Gasteiger charge is 2.17. The summed E-state index contributed by atoms with van der Waals surface area (Å²) >= 11 is 0. The smallest absolute Gasteiger partial charge is 0.216 e. The van der Waals surface area contributed by atoms with Gasteiger partial charge in [-0.05, 0) is 22.9 Å². The maximum absolute atomic E-state index is 5.60. The van der Waals surface area contributed by atoms with Crippen molar-refractivity contribution in [1.29, 1.82) is 0 Å². The van der Waals surface area contributed by atoms with E-state index in [0.29, 0.717) is 13.2 Å². The Morgan fingerprint density at radius 1 is 0.700 bits per heavy atom. The van der Waals surface area contributed by atoms with Gasteiger partial charge in [-0.2, -0.15) is 0 Å². The van der Waals surface area contributed by atoms with Crippen molar-refractivity contribution in [3.05, 3.63) is 47.5 Å². The maximum atomic E-state index is 5.60. The lowest BCUT2D eigenvalue weighted by atomic mass is 10.00. The highest BCUT2D eigenvalue weighted by atomic mass is 16.5. The minimum Gasteiger partial charge on any atom is -0.475 e. The second kappa shape index (κ2) is 4.63. The molecule has 0 unspecified atom stereocenters. The molecule has 2 aliphatic rings. The van der Waals surface area contributed by atoms with E-state index in [-0.39, 0.29) is 0 Å². The number of aliphatic imine (C=N–C) groups is 2. The van der Waals surface area contributed by atoms with Gasteiger partial charge in [0.25, 0.3) is 0 Å². The second-order valence-corrected chi connectivity index (χ2v) is 4.78. The largest absolute Gasteiger partial charge is 0.475 e. The van der Waals surface area contributed by atoms with Gasteiger partial charge in [-0.25, -0.2) is 9.98 Å². The fraction of sp³-hybridized carbons (Fsp3) is 0.250. The summed E-state index contributed by atoms with van der Waals surface area (Å²) in [6, 6.07) is 12.3. The Balaban J connectivity index is 1.93. The molecule has 0 aromatic heterocycles. The average molecular weight is 266 g/mol. The number of fused-ring (bicyclic) bond motifs is 1. The van der Waals surface area contributed by atoms with E-state index in [1.807, 2.05) is 24.3 Å². The van der Waals surface area contributed by atoms with Gasteiger partial charge in [-0.1, -0.05) is 24.3 Å². The fourth-order valence-electron chi connectivity index (χ4n) is 2.68. The summed E-state index contributed by atoms with van der Waals surface area (Å²) in [7, 11) is 0. The summed E-state index contributed by atoms with van der Waals surface area (Å²) in [5, 5.41) is 2.26. The first kappa shape index (κ1) is 11.5. The van der Waals surface area contributed by atoms with Crippen molar-refractivity contribution in [3.63, 3.8) is 0 Å². The lowest BCUT2D eigenvalue weighted by Crippen LogP contribution is -2.05. The zero-order valence-corrected chi connectivity index (χ0v) is 11.0. The third-order valence-corrected chi connectivity index (χ3v) is 3.55. The third kappa shape index (κ3) is 1.76. The minimum absolute atomic E-state index is 0.668. The van der Waals surface area contributed by atoms with E-state index in [2.05, 4.69) is 22.1 Å². The van der Waals surface area contributed by atoms with Gasteiger partial charge in [0.2, 0.25) is 11.8 Å². The van der Waals surface area contributed by atoms with Crippen LogP contribution >= 0.6 is 0 Å². The Morgan fingerprint density at radius 3 is 1.60 bits per heavy atom. The molecule has 0 aliphatic carbocycles. The van der Waals surface area contributed by atoms with Crippen molar-refractivity contribution in [3.8, 4) is 0 Å². The molecule has 0 amide bonds. The predicted molar refractivity (Wildman–Crippen MR) is 78.7 cm³/mol. The van der Waals surface area contributed by atoms with E-state index in [0.717, 1.165) is 46.8 Å². The van der Waals surface area contributed by atoms with Crippen LogP contribution in [0.5, 0.6) is 0 Å². The quantitative estimate of drug-likeness (QED) is 0.837. The molecule has 2 aliphatic heterocycles. The fourth-order valence-corrected chi connectivity index (χ4v) is 2.68. The molecule has 4 heteroatoms. The SMILES string of the molecule is c1cc(C2=NCCO2)c2cccc(C3=NCCO3)c2c1. The molecule has 2 aromatic carbocycles. The molecule has 0 bridgehead atoms. The monoisotopic (exact) mass is 266 g/mol. The molecule has 0 N–H and O–H groups in total. The number of benzene rings is 2. The maximum Gasteiger partial charge on any atom is 0.216 e. The van der Waals surface area contributed by atoms with E-state index >= 15 is 0 Å². The molecule has 0 spiro atoms. The molecule has 4 rings (SSSR count). The Hall–Kier alpha value is -2.36. The molecule has 100 valence electrons. The lowest BCUT2D eigenvalue weighted by Gasteiger charge is -2.10. The van der Waals surface area contributed by atoms with Crippen LogP contribution in [0.15, 0.2) is 46.4 Å². The molecule has 0 saturated heterocycles. The first-order valence-corrected chi connectivity index (χ1v) is 6.80. The Bertz CT molecular complexity index is 671. The van der Waals surface area contributed by atoms with Crippen LogP contribution in [0.2, 0.25) is 0 Å². The Kier molecular flexibility index (Phi) is 2.66. The molecule has 2 aromatic rings. The van der Waals surface area contributed by atoms with Crippen LogP contribution in [0.4, 0.5) is 0 Å². The molecule has 0 fully saturated rings. The second-order valence-electron chi connectivity index (χ2n) is 4.78. The van der Waals surface area contributed by atoms with E-state index in [1.54, 1.807) is 0 Å². The van der Waals surface area contributed by atoms with Gasteiger partial charge in [-0.3, -0.25) is 0 Å². The van der Waals surface area contributed by atoms with Gasteiger partial charge in [0.1, 0.15) is 13.2 Å². The summed E-state index contributed by atoms with van der Waals surface area (Å²) in [6.45, 7) is 2.81. The van der Waals surface area contributed by atoms with Crippen molar-refractivity contribution in [2.75, 3.05) is 26.3 Å². The van der Waals surface area contributed by atoms with Crippen molar-refractivity contribution < 1.29 is 9.47 Å². The van der Waals surface area contributed by atoms with E-state index < -0.39 is 0 Å². The summed E-state index contributed by atoms with van der Waals surface area (Å²) < 4.78 is 11.2. The molecular weight excluding hydrogens is 252 g/mol. The zero-order valence-electron chi connectivity index (χ0n) is 11.0. The first-order chi connectivity index (χ1) is 9.93. The number of ether oxygens (including phenoxy) is 2. The normalized spacial score (nSPS) is 17.6. The Labute approximate surface area is 116 Å². The van der Waals surface area contributed by atoms with Crippen LogP contribution < -0.4 is 0 Å². The number of nitrogens with zero attached hydrogens (tertiary/aromatic N) is 2. The van der Waals surface area contributed by atoms with E-state index in [1.165, 1.54) is 0 Å². The number of rotatable bonds is 2. The van der Waals surface area contributed by atoms with Crippen LogP contribution in [0, 0.1) is 0 Å². The molecule has 2 heterocycles. The number of hydrogen-bond donors (Lipinski definition) is 0. The summed E-state index contributed by atoms with van der Waals surface area (Å²) in [5.74, 6) is 1.48. The molecule has 4 nitrogen and oxygen atoms in total. The van der Waals surface area contributed by atoms with Crippen LogP contribution in [0.1, 0.15) is 11.1 Å². The van der Waals surface area contributed by atoms with Gasteiger partial charge in [0.15, 0.2) is 0 Å². The summed E-state index contributed by atoms with van der Waals surface area (Å²) in [6.07, 6.45) is 0. The molecule has 0 atom stereocenters. The zero-order chi connectivity index (χ0) is 13.4. The van der Waals surface area contributed by atoms with Gasteiger partial charge < -0.3 is 9.47 Å². The predicted octanol–water partition coefficient (Wildman–Crippen LogP) is 2.39. The van der Waals surface area contributed by atoms with Gasteiger partial charge in [0.05, 0.1) is 13.1 Å². The molecule has 20 heavy (non-hydrogen) atoms. The minimum atomic E-state index is 0.668. The van der Waals surface area contributed by atoms with E-state index in [9.17, 15) is 0 Å².